The van der Waals surface area contributed by atoms with E-state index in [4.69, 9.17) is 5.73 Å². The summed E-state index contributed by atoms with van der Waals surface area (Å²) in [5, 5.41) is 0.353. The Kier molecular flexibility index (Phi) is 4.05. The highest BCUT2D eigenvalue weighted by Crippen LogP contribution is 2.25. The topological polar surface area (TPSA) is 68.3 Å². The van der Waals surface area contributed by atoms with E-state index in [1.54, 1.807) is 21.1 Å². The van der Waals surface area contributed by atoms with Crippen molar-refractivity contribution in [2.45, 2.75) is 23.6 Å². The summed E-state index contributed by atoms with van der Waals surface area (Å²) < 4.78 is 28.3. The molecule has 0 saturated carbocycles. The maximum Gasteiger partial charge on any atom is 0.244 e. The Morgan fingerprint density at radius 3 is 2.83 bits per heavy atom. The monoisotopic (exact) mass is 289 g/mol. The van der Waals surface area contributed by atoms with Crippen LogP contribution < -0.4 is 5.73 Å². The van der Waals surface area contributed by atoms with Crippen LogP contribution in [0.5, 0.6) is 0 Å². The molecule has 1 saturated heterocycles. The average molecular weight is 289 g/mol. The predicted octanol–water partition coefficient (Wildman–Crippen LogP) is 0.610. The molecule has 1 aromatic heterocycles. The molecule has 2 heterocycles. The minimum absolute atomic E-state index is 0.346. The van der Waals surface area contributed by atoms with Crippen LogP contribution in [0.2, 0.25) is 0 Å². The van der Waals surface area contributed by atoms with Gasteiger partial charge in [0.2, 0.25) is 10.0 Å². The molecule has 1 aliphatic heterocycles. The third-order valence-electron chi connectivity index (χ3n) is 3.13. The standard InChI is InChI=1S/C11H19N3O2S2/c1-9-7-14(3-4-17-9)18(15,16)11-5-10(6-12)13(2)8-11/h5,8-9H,3-4,6-7,12H2,1-2H3. The molecular weight excluding hydrogens is 270 g/mol. The van der Waals surface area contributed by atoms with Gasteiger partial charge >= 0.3 is 0 Å². The van der Waals surface area contributed by atoms with Crippen molar-refractivity contribution >= 4 is 21.8 Å². The zero-order valence-corrected chi connectivity index (χ0v) is 12.3. The molecule has 0 spiro atoms. The maximum atomic E-state index is 12.5. The van der Waals surface area contributed by atoms with E-state index in [-0.39, 0.29) is 0 Å². The van der Waals surface area contributed by atoms with Crippen LogP contribution in [0.15, 0.2) is 17.2 Å². The highest BCUT2D eigenvalue weighted by molar-refractivity contribution is 8.00. The minimum atomic E-state index is -3.36. The summed E-state index contributed by atoms with van der Waals surface area (Å²) in [5.74, 6) is 0.858. The lowest BCUT2D eigenvalue weighted by molar-refractivity contribution is 0.424. The first-order chi connectivity index (χ1) is 8.45. The van der Waals surface area contributed by atoms with Crippen LogP contribution in [0.1, 0.15) is 12.6 Å². The molecule has 1 unspecified atom stereocenters. The van der Waals surface area contributed by atoms with Gasteiger partial charge in [-0.1, -0.05) is 6.92 Å². The van der Waals surface area contributed by atoms with Crippen molar-refractivity contribution in [2.75, 3.05) is 18.8 Å². The third-order valence-corrected chi connectivity index (χ3v) is 6.10. The summed E-state index contributed by atoms with van der Waals surface area (Å²) in [6, 6.07) is 1.67. The predicted molar refractivity (Wildman–Crippen MR) is 74.0 cm³/mol. The van der Waals surface area contributed by atoms with Crippen molar-refractivity contribution in [3.63, 3.8) is 0 Å². The highest BCUT2D eigenvalue weighted by atomic mass is 32.2. The molecule has 0 bridgehead atoms. The number of hydrogen-bond acceptors (Lipinski definition) is 4. The number of aromatic nitrogens is 1. The molecule has 7 heteroatoms. The summed E-state index contributed by atoms with van der Waals surface area (Å²) in [6.07, 6.45) is 1.64. The number of nitrogens with zero attached hydrogens (tertiary/aromatic N) is 2. The second-order valence-electron chi connectivity index (χ2n) is 4.53. The van der Waals surface area contributed by atoms with E-state index >= 15 is 0 Å². The van der Waals surface area contributed by atoms with E-state index in [0.29, 0.717) is 29.8 Å². The number of hydrogen-bond donors (Lipinski definition) is 1. The van der Waals surface area contributed by atoms with Crippen LogP contribution in [0.25, 0.3) is 0 Å². The van der Waals surface area contributed by atoms with Gasteiger partial charge in [0.15, 0.2) is 0 Å². The Hall–Kier alpha value is -0.500. The number of rotatable bonds is 3. The van der Waals surface area contributed by atoms with Gasteiger partial charge in [-0.3, -0.25) is 0 Å². The Morgan fingerprint density at radius 2 is 2.28 bits per heavy atom. The molecular formula is C11H19N3O2S2. The van der Waals surface area contributed by atoms with Gasteiger partial charge in [0, 0.05) is 49.6 Å². The molecule has 2 N–H and O–H groups in total. The maximum absolute atomic E-state index is 12.5. The summed E-state index contributed by atoms with van der Waals surface area (Å²) in [4.78, 5) is 0.351. The molecule has 5 nitrogen and oxygen atoms in total. The number of aryl methyl sites for hydroxylation is 1. The van der Waals surface area contributed by atoms with E-state index in [1.165, 1.54) is 0 Å². The number of sulfonamides is 1. The van der Waals surface area contributed by atoms with Crippen LogP contribution in [0.3, 0.4) is 0 Å². The third kappa shape index (κ3) is 2.59. The summed E-state index contributed by atoms with van der Waals surface area (Å²) in [6.45, 7) is 3.57. The first-order valence-corrected chi connectivity index (χ1v) is 8.41. The second-order valence-corrected chi connectivity index (χ2v) is 8.01. The Labute approximate surface area is 112 Å². The first-order valence-electron chi connectivity index (χ1n) is 5.92. The normalized spacial score (nSPS) is 22.3. The summed E-state index contributed by atoms with van der Waals surface area (Å²) >= 11 is 1.81. The highest BCUT2D eigenvalue weighted by Gasteiger charge is 2.29. The van der Waals surface area contributed by atoms with Crippen LogP contribution in [0.4, 0.5) is 0 Å². The molecule has 102 valence electrons. The molecule has 0 aromatic carbocycles. The van der Waals surface area contributed by atoms with Gasteiger partial charge in [-0.05, 0) is 6.07 Å². The van der Waals surface area contributed by atoms with Crippen molar-refractivity contribution in [2.24, 2.45) is 12.8 Å². The molecule has 1 fully saturated rings. The van der Waals surface area contributed by atoms with Gasteiger partial charge < -0.3 is 10.3 Å². The molecule has 0 aliphatic carbocycles. The second kappa shape index (κ2) is 5.24. The lowest BCUT2D eigenvalue weighted by Gasteiger charge is -2.29. The molecule has 0 amide bonds. The largest absolute Gasteiger partial charge is 0.352 e. The van der Waals surface area contributed by atoms with E-state index in [0.717, 1.165) is 11.4 Å². The van der Waals surface area contributed by atoms with Gasteiger partial charge in [-0.25, -0.2) is 8.42 Å². The van der Waals surface area contributed by atoms with E-state index in [1.807, 2.05) is 18.8 Å². The van der Waals surface area contributed by atoms with Crippen molar-refractivity contribution in [1.82, 2.24) is 8.87 Å². The van der Waals surface area contributed by atoms with Gasteiger partial charge in [0.05, 0.1) is 0 Å². The lowest BCUT2D eigenvalue weighted by atomic mass is 10.4. The zero-order chi connectivity index (χ0) is 13.3. The fourth-order valence-corrected chi connectivity index (χ4v) is 4.92. The van der Waals surface area contributed by atoms with Gasteiger partial charge in [-0.15, -0.1) is 0 Å². The fraction of sp³-hybridized carbons (Fsp3) is 0.636. The SMILES string of the molecule is CC1CN(S(=O)(=O)c2cc(CN)n(C)c2)CCS1. The van der Waals surface area contributed by atoms with Gasteiger partial charge in [-0.2, -0.15) is 16.1 Å². The quantitative estimate of drug-likeness (QED) is 0.885. The van der Waals surface area contributed by atoms with Crippen LogP contribution >= 0.6 is 11.8 Å². The molecule has 18 heavy (non-hydrogen) atoms. The van der Waals surface area contributed by atoms with E-state index in [2.05, 4.69) is 6.92 Å². The zero-order valence-electron chi connectivity index (χ0n) is 10.7. The number of thioether (sulfide) groups is 1. The van der Waals surface area contributed by atoms with Gasteiger partial charge in [0.25, 0.3) is 0 Å². The van der Waals surface area contributed by atoms with Crippen LogP contribution in [-0.4, -0.2) is 41.4 Å². The number of nitrogens with two attached hydrogens (primary N) is 1. The van der Waals surface area contributed by atoms with Crippen molar-refractivity contribution in [3.8, 4) is 0 Å². The summed E-state index contributed by atoms with van der Waals surface area (Å²) in [5.41, 5.74) is 6.40. The van der Waals surface area contributed by atoms with Crippen molar-refractivity contribution in [3.05, 3.63) is 18.0 Å². The average Bonchev–Trinajstić information content (AvgIpc) is 2.71. The smallest absolute Gasteiger partial charge is 0.244 e. The van der Waals surface area contributed by atoms with Crippen LogP contribution in [-0.2, 0) is 23.6 Å². The first kappa shape index (κ1) is 13.9. The summed E-state index contributed by atoms with van der Waals surface area (Å²) in [7, 11) is -1.55. The Balaban J connectivity index is 2.29. The van der Waals surface area contributed by atoms with Crippen molar-refractivity contribution < 1.29 is 8.42 Å². The van der Waals surface area contributed by atoms with E-state index in [9.17, 15) is 8.42 Å². The lowest BCUT2D eigenvalue weighted by Crippen LogP contribution is -2.40. The Morgan fingerprint density at radius 1 is 1.56 bits per heavy atom. The van der Waals surface area contributed by atoms with Crippen LogP contribution in [0, 0.1) is 0 Å². The van der Waals surface area contributed by atoms with Gasteiger partial charge in [0.1, 0.15) is 4.90 Å². The minimum Gasteiger partial charge on any atom is -0.352 e. The fourth-order valence-electron chi connectivity index (χ4n) is 2.07. The van der Waals surface area contributed by atoms with Crippen molar-refractivity contribution in [1.29, 1.82) is 0 Å². The molecule has 1 aromatic rings. The molecule has 0 radical (unpaired) electrons. The Bertz CT molecular complexity index is 524. The molecule has 2 rings (SSSR count). The molecule has 1 atom stereocenters. The molecule has 1 aliphatic rings. The van der Waals surface area contributed by atoms with E-state index < -0.39 is 10.0 Å².